The largest absolute Gasteiger partial charge is 0.507 e. The Bertz CT molecular complexity index is 1010. The molecular weight excluding hydrogens is 410 g/mol. The van der Waals surface area contributed by atoms with Gasteiger partial charge in [0.05, 0.1) is 38.0 Å². The molecule has 1 heterocycles. The van der Waals surface area contributed by atoms with Gasteiger partial charge in [0.2, 0.25) is 0 Å². The molecule has 0 spiro atoms. The molecule has 1 N–H and O–H groups in total. The van der Waals surface area contributed by atoms with Gasteiger partial charge in [-0.2, -0.15) is 0 Å². The first-order valence-electron chi connectivity index (χ1n) is 10.6. The molecule has 7 nitrogen and oxygen atoms in total. The summed E-state index contributed by atoms with van der Waals surface area (Å²) in [6.07, 6.45) is -0.0108. The van der Waals surface area contributed by atoms with E-state index in [9.17, 15) is 14.7 Å². The van der Waals surface area contributed by atoms with Gasteiger partial charge >= 0.3 is 0 Å². The highest BCUT2D eigenvalue weighted by Crippen LogP contribution is 2.40. The fraction of sp³-hybridized carbons (Fsp3) is 0.360. The molecule has 1 fully saturated rings. The standard InChI is InChI=1S/C25H29NO6/c1-5-31-20-11-6-8-17(14-20)22-21(23(27)18-9-7-10-19(15-18)30-4)24(28)25(29)26(22)12-13-32-16(2)3/h6-11,14-16,22,27H,5,12-13H2,1-4H3/b23-21-. The van der Waals surface area contributed by atoms with Crippen LogP contribution in [0.4, 0.5) is 0 Å². The number of ketones is 1. The molecule has 170 valence electrons. The van der Waals surface area contributed by atoms with Crippen LogP contribution in [0.3, 0.4) is 0 Å². The van der Waals surface area contributed by atoms with Gasteiger partial charge in [-0.1, -0.05) is 24.3 Å². The van der Waals surface area contributed by atoms with E-state index >= 15 is 0 Å². The van der Waals surface area contributed by atoms with Gasteiger partial charge in [0.25, 0.3) is 11.7 Å². The van der Waals surface area contributed by atoms with Crippen LogP contribution in [0, 0.1) is 0 Å². The number of carbonyl (C=O) groups is 2. The number of carbonyl (C=O) groups excluding carboxylic acids is 2. The summed E-state index contributed by atoms with van der Waals surface area (Å²) in [5, 5.41) is 11.1. The van der Waals surface area contributed by atoms with Gasteiger partial charge in [-0.05, 0) is 50.6 Å². The van der Waals surface area contributed by atoms with Crippen molar-refractivity contribution in [2.45, 2.75) is 32.9 Å². The average molecular weight is 440 g/mol. The second-order valence-corrected chi connectivity index (χ2v) is 7.65. The third-order valence-electron chi connectivity index (χ3n) is 5.15. The molecule has 1 amide bonds. The number of likely N-dealkylation sites (tertiary alicyclic amines) is 1. The number of hydrogen-bond acceptors (Lipinski definition) is 6. The lowest BCUT2D eigenvalue weighted by molar-refractivity contribution is -0.140. The van der Waals surface area contributed by atoms with Crippen molar-refractivity contribution in [3.05, 3.63) is 65.2 Å². The predicted molar refractivity (Wildman–Crippen MR) is 121 cm³/mol. The Balaban J connectivity index is 2.11. The van der Waals surface area contributed by atoms with E-state index in [0.29, 0.717) is 29.2 Å². The SMILES string of the molecule is CCOc1cccc(C2/C(=C(/O)c3cccc(OC)c3)C(=O)C(=O)N2CCOC(C)C)c1. The zero-order chi connectivity index (χ0) is 23.3. The second-order valence-electron chi connectivity index (χ2n) is 7.65. The zero-order valence-corrected chi connectivity index (χ0v) is 18.8. The first-order valence-corrected chi connectivity index (χ1v) is 10.6. The average Bonchev–Trinajstić information content (AvgIpc) is 3.04. The minimum Gasteiger partial charge on any atom is -0.507 e. The normalized spacial score (nSPS) is 17.8. The Morgan fingerprint density at radius 2 is 1.81 bits per heavy atom. The highest BCUT2D eigenvalue weighted by molar-refractivity contribution is 6.46. The topological polar surface area (TPSA) is 85.3 Å². The van der Waals surface area contributed by atoms with Crippen molar-refractivity contribution in [3.8, 4) is 11.5 Å². The van der Waals surface area contributed by atoms with Crippen LogP contribution in [0.1, 0.15) is 37.9 Å². The number of amides is 1. The molecule has 3 rings (SSSR count). The van der Waals surface area contributed by atoms with E-state index in [-0.39, 0.29) is 30.6 Å². The van der Waals surface area contributed by atoms with Crippen molar-refractivity contribution >= 4 is 17.4 Å². The molecule has 2 aromatic carbocycles. The smallest absolute Gasteiger partial charge is 0.295 e. The van der Waals surface area contributed by atoms with Crippen LogP contribution in [0.25, 0.3) is 5.76 Å². The number of ether oxygens (including phenoxy) is 3. The fourth-order valence-corrected chi connectivity index (χ4v) is 3.71. The van der Waals surface area contributed by atoms with Crippen molar-refractivity contribution in [3.63, 3.8) is 0 Å². The summed E-state index contributed by atoms with van der Waals surface area (Å²) in [5.41, 5.74) is 1.09. The molecule has 0 saturated carbocycles. The molecule has 0 radical (unpaired) electrons. The molecule has 1 saturated heterocycles. The van der Waals surface area contributed by atoms with Gasteiger partial charge in [0, 0.05) is 12.1 Å². The van der Waals surface area contributed by atoms with Gasteiger partial charge in [0.1, 0.15) is 17.3 Å². The lowest BCUT2D eigenvalue weighted by Gasteiger charge is -2.26. The molecule has 2 aromatic rings. The molecule has 0 aliphatic carbocycles. The summed E-state index contributed by atoms with van der Waals surface area (Å²) in [6.45, 7) is 6.65. The van der Waals surface area contributed by atoms with E-state index in [1.807, 2.05) is 32.9 Å². The van der Waals surface area contributed by atoms with Gasteiger partial charge in [-0.15, -0.1) is 0 Å². The Morgan fingerprint density at radius 1 is 1.09 bits per heavy atom. The van der Waals surface area contributed by atoms with E-state index in [0.717, 1.165) is 0 Å². The highest BCUT2D eigenvalue weighted by atomic mass is 16.5. The fourth-order valence-electron chi connectivity index (χ4n) is 3.71. The number of methoxy groups -OCH3 is 1. The minimum absolute atomic E-state index is 0.0108. The Morgan fingerprint density at radius 3 is 2.50 bits per heavy atom. The Kier molecular flexibility index (Phi) is 7.53. The van der Waals surface area contributed by atoms with Crippen LogP contribution in [-0.2, 0) is 14.3 Å². The number of benzene rings is 2. The van der Waals surface area contributed by atoms with E-state index in [1.54, 1.807) is 36.4 Å². The quantitative estimate of drug-likeness (QED) is 0.362. The number of aliphatic hydroxyl groups excluding tert-OH is 1. The van der Waals surface area contributed by atoms with Crippen molar-refractivity contribution in [2.75, 3.05) is 26.9 Å². The van der Waals surface area contributed by atoms with Crippen molar-refractivity contribution in [1.29, 1.82) is 0 Å². The van der Waals surface area contributed by atoms with E-state index in [2.05, 4.69) is 0 Å². The van der Waals surface area contributed by atoms with Gasteiger partial charge in [-0.3, -0.25) is 9.59 Å². The van der Waals surface area contributed by atoms with Crippen molar-refractivity contribution in [2.24, 2.45) is 0 Å². The molecule has 0 bridgehead atoms. The van der Waals surface area contributed by atoms with Crippen LogP contribution < -0.4 is 9.47 Å². The number of rotatable bonds is 9. The van der Waals surface area contributed by atoms with Gasteiger partial charge in [0.15, 0.2) is 0 Å². The maximum atomic E-state index is 13.1. The van der Waals surface area contributed by atoms with Crippen LogP contribution in [0.5, 0.6) is 11.5 Å². The molecule has 7 heteroatoms. The first kappa shape index (κ1) is 23.3. The summed E-state index contributed by atoms with van der Waals surface area (Å²) < 4.78 is 16.5. The zero-order valence-electron chi connectivity index (χ0n) is 18.8. The number of Topliss-reactive ketones (excluding diaryl/α,β-unsaturated/α-hetero) is 1. The lowest BCUT2D eigenvalue weighted by atomic mass is 9.95. The first-order chi connectivity index (χ1) is 15.4. The third-order valence-corrected chi connectivity index (χ3v) is 5.15. The number of hydrogen-bond donors (Lipinski definition) is 1. The monoisotopic (exact) mass is 439 g/mol. The lowest BCUT2D eigenvalue weighted by Crippen LogP contribution is -2.33. The predicted octanol–water partition coefficient (Wildman–Crippen LogP) is 3.94. The summed E-state index contributed by atoms with van der Waals surface area (Å²) in [5.74, 6) is -0.504. The van der Waals surface area contributed by atoms with Crippen LogP contribution >= 0.6 is 0 Å². The maximum absolute atomic E-state index is 13.1. The maximum Gasteiger partial charge on any atom is 0.295 e. The highest BCUT2D eigenvalue weighted by Gasteiger charge is 2.46. The van der Waals surface area contributed by atoms with Crippen molar-refractivity contribution in [1.82, 2.24) is 4.90 Å². The number of nitrogens with zero attached hydrogens (tertiary/aromatic N) is 1. The van der Waals surface area contributed by atoms with E-state index < -0.39 is 17.7 Å². The molecule has 0 aromatic heterocycles. The van der Waals surface area contributed by atoms with Gasteiger partial charge < -0.3 is 24.2 Å². The summed E-state index contributed by atoms with van der Waals surface area (Å²) >= 11 is 0. The number of aliphatic hydroxyl groups is 1. The third kappa shape index (κ3) is 4.94. The molecule has 32 heavy (non-hydrogen) atoms. The van der Waals surface area contributed by atoms with Crippen LogP contribution in [0.15, 0.2) is 54.1 Å². The second kappa shape index (κ2) is 10.3. The van der Waals surface area contributed by atoms with Crippen LogP contribution in [0.2, 0.25) is 0 Å². The molecule has 1 atom stereocenters. The van der Waals surface area contributed by atoms with E-state index in [1.165, 1.54) is 12.0 Å². The molecule has 1 aliphatic heterocycles. The molecular formula is C25H29NO6. The summed E-state index contributed by atoms with van der Waals surface area (Å²) in [6, 6.07) is 13.2. The molecule has 1 unspecified atom stereocenters. The summed E-state index contributed by atoms with van der Waals surface area (Å²) in [4.78, 5) is 27.5. The van der Waals surface area contributed by atoms with Crippen molar-refractivity contribution < 1.29 is 28.9 Å². The minimum atomic E-state index is -0.766. The van der Waals surface area contributed by atoms with Crippen LogP contribution in [-0.4, -0.2) is 54.7 Å². The Labute approximate surface area is 188 Å². The van der Waals surface area contributed by atoms with Gasteiger partial charge in [-0.25, -0.2) is 0 Å². The molecule has 1 aliphatic rings. The Hall–Kier alpha value is -3.32. The summed E-state index contributed by atoms with van der Waals surface area (Å²) in [7, 11) is 1.52. The van der Waals surface area contributed by atoms with E-state index in [4.69, 9.17) is 14.2 Å².